The van der Waals surface area contributed by atoms with Gasteiger partial charge in [-0.3, -0.25) is 9.78 Å². The van der Waals surface area contributed by atoms with Gasteiger partial charge in [-0.1, -0.05) is 0 Å². The van der Waals surface area contributed by atoms with E-state index < -0.39 is 0 Å². The lowest BCUT2D eigenvalue weighted by molar-refractivity contribution is 0.0941. The topological polar surface area (TPSA) is 80.7 Å². The first-order valence-corrected chi connectivity index (χ1v) is 7.92. The van der Waals surface area contributed by atoms with Crippen LogP contribution in [0, 0.1) is 6.92 Å². The van der Waals surface area contributed by atoms with E-state index in [0.29, 0.717) is 16.4 Å². The third kappa shape index (κ3) is 3.40. The maximum atomic E-state index is 12.5. The minimum absolute atomic E-state index is 0.171. The Morgan fingerprint density at radius 3 is 2.70 bits per heavy atom. The summed E-state index contributed by atoms with van der Waals surface area (Å²) in [6.07, 6.45) is 6.76. The number of amides is 1. The lowest BCUT2D eigenvalue weighted by Gasteiger charge is -2.11. The van der Waals surface area contributed by atoms with Crippen molar-refractivity contribution in [3.8, 4) is 10.6 Å². The highest BCUT2D eigenvalue weighted by atomic mass is 32.1. The molecule has 0 spiro atoms. The van der Waals surface area contributed by atoms with E-state index in [-0.39, 0.29) is 11.9 Å². The van der Waals surface area contributed by atoms with Crippen LogP contribution in [0.25, 0.3) is 10.6 Å². The van der Waals surface area contributed by atoms with Crippen molar-refractivity contribution in [2.75, 3.05) is 0 Å². The minimum atomic E-state index is -0.271. The SMILES string of the molecule is Cc1nc(-c2cccnc2)sc1C(=O)NC(C)c1ncccn1. The molecule has 0 aliphatic carbocycles. The van der Waals surface area contributed by atoms with E-state index >= 15 is 0 Å². The molecule has 3 heterocycles. The summed E-state index contributed by atoms with van der Waals surface area (Å²) in [5.74, 6) is 0.408. The molecule has 0 saturated heterocycles. The molecule has 3 aromatic rings. The summed E-state index contributed by atoms with van der Waals surface area (Å²) in [6.45, 7) is 3.68. The third-order valence-electron chi connectivity index (χ3n) is 3.23. The summed E-state index contributed by atoms with van der Waals surface area (Å²) in [6, 6.07) is 5.24. The molecule has 0 aliphatic heterocycles. The van der Waals surface area contributed by atoms with Crippen molar-refractivity contribution in [3.63, 3.8) is 0 Å². The maximum Gasteiger partial charge on any atom is 0.263 e. The molecule has 1 unspecified atom stereocenters. The van der Waals surface area contributed by atoms with E-state index in [9.17, 15) is 4.79 Å². The molecule has 1 amide bonds. The fraction of sp³-hybridized carbons (Fsp3) is 0.188. The highest BCUT2D eigenvalue weighted by molar-refractivity contribution is 7.17. The first-order chi connectivity index (χ1) is 11.1. The first-order valence-electron chi connectivity index (χ1n) is 7.10. The smallest absolute Gasteiger partial charge is 0.263 e. The molecule has 0 fully saturated rings. The van der Waals surface area contributed by atoms with E-state index in [4.69, 9.17) is 0 Å². The second-order valence-corrected chi connectivity index (χ2v) is 5.98. The molecule has 6 nitrogen and oxygen atoms in total. The molecule has 116 valence electrons. The molecule has 0 radical (unpaired) electrons. The number of carbonyl (C=O) groups excluding carboxylic acids is 1. The van der Waals surface area contributed by atoms with Crippen LogP contribution in [0.1, 0.15) is 34.2 Å². The molecule has 7 heteroatoms. The fourth-order valence-electron chi connectivity index (χ4n) is 2.08. The Labute approximate surface area is 137 Å². The van der Waals surface area contributed by atoms with Gasteiger partial charge in [0.1, 0.15) is 15.7 Å². The number of thiazole rings is 1. The van der Waals surface area contributed by atoms with Crippen LogP contribution in [-0.4, -0.2) is 25.8 Å². The van der Waals surface area contributed by atoms with Crippen LogP contribution >= 0.6 is 11.3 Å². The fourth-order valence-corrected chi connectivity index (χ4v) is 3.04. The summed E-state index contributed by atoms with van der Waals surface area (Å²) in [5.41, 5.74) is 1.60. The molecule has 23 heavy (non-hydrogen) atoms. The molecule has 1 atom stereocenters. The van der Waals surface area contributed by atoms with Crippen LogP contribution in [-0.2, 0) is 0 Å². The van der Waals surface area contributed by atoms with Crippen molar-refractivity contribution in [3.05, 3.63) is 59.4 Å². The van der Waals surface area contributed by atoms with Crippen molar-refractivity contribution in [1.29, 1.82) is 0 Å². The van der Waals surface area contributed by atoms with Gasteiger partial charge in [0.2, 0.25) is 0 Å². The number of pyridine rings is 1. The molecular weight excluding hydrogens is 310 g/mol. The Balaban J connectivity index is 1.79. The van der Waals surface area contributed by atoms with Gasteiger partial charge >= 0.3 is 0 Å². The van der Waals surface area contributed by atoms with Crippen LogP contribution in [0.4, 0.5) is 0 Å². The zero-order chi connectivity index (χ0) is 16.2. The van der Waals surface area contributed by atoms with Gasteiger partial charge in [-0.05, 0) is 32.0 Å². The number of nitrogens with zero attached hydrogens (tertiary/aromatic N) is 4. The monoisotopic (exact) mass is 325 g/mol. The Morgan fingerprint density at radius 1 is 1.22 bits per heavy atom. The van der Waals surface area contributed by atoms with E-state index in [1.54, 1.807) is 30.9 Å². The summed E-state index contributed by atoms with van der Waals surface area (Å²) in [7, 11) is 0. The number of carbonyl (C=O) groups is 1. The summed E-state index contributed by atoms with van der Waals surface area (Å²) in [5, 5.41) is 3.69. The van der Waals surface area contributed by atoms with Crippen molar-refractivity contribution in [1.82, 2.24) is 25.3 Å². The lowest BCUT2D eigenvalue weighted by Crippen LogP contribution is -2.27. The van der Waals surface area contributed by atoms with Gasteiger partial charge in [-0.2, -0.15) is 0 Å². The quantitative estimate of drug-likeness (QED) is 0.798. The van der Waals surface area contributed by atoms with Crippen molar-refractivity contribution >= 4 is 17.2 Å². The molecule has 0 aromatic carbocycles. The molecule has 0 saturated carbocycles. The van der Waals surface area contributed by atoms with Crippen LogP contribution in [0.5, 0.6) is 0 Å². The molecule has 1 N–H and O–H groups in total. The van der Waals surface area contributed by atoms with Crippen LogP contribution in [0.3, 0.4) is 0 Å². The number of hydrogen-bond donors (Lipinski definition) is 1. The number of aromatic nitrogens is 4. The lowest BCUT2D eigenvalue weighted by atomic mass is 10.3. The van der Waals surface area contributed by atoms with Crippen LogP contribution in [0.2, 0.25) is 0 Å². The second kappa shape index (κ2) is 6.62. The Morgan fingerprint density at radius 2 is 2.00 bits per heavy atom. The molecule has 0 bridgehead atoms. The Bertz CT molecular complexity index is 804. The summed E-state index contributed by atoms with van der Waals surface area (Å²) >= 11 is 1.35. The number of aryl methyl sites for hydroxylation is 1. The van der Waals surface area contributed by atoms with Crippen molar-refractivity contribution < 1.29 is 4.79 Å². The average Bonchev–Trinajstić information content (AvgIpc) is 2.98. The second-order valence-electron chi connectivity index (χ2n) is 4.98. The van der Waals surface area contributed by atoms with Crippen molar-refractivity contribution in [2.24, 2.45) is 0 Å². The maximum absolute atomic E-state index is 12.5. The Kier molecular flexibility index (Phi) is 4.38. The summed E-state index contributed by atoms with van der Waals surface area (Å²) < 4.78 is 0. The number of rotatable bonds is 4. The average molecular weight is 325 g/mol. The van der Waals surface area contributed by atoms with Gasteiger partial charge in [0, 0.05) is 30.4 Å². The van der Waals surface area contributed by atoms with E-state index in [2.05, 4.69) is 25.3 Å². The first kappa shape index (κ1) is 15.2. The zero-order valence-corrected chi connectivity index (χ0v) is 13.5. The van der Waals surface area contributed by atoms with E-state index in [1.807, 2.05) is 26.0 Å². The highest BCUT2D eigenvalue weighted by Crippen LogP contribution is 2.27. The summed E-state index contributed by atoms with van der Waals surface area (Å²) in [4.78, 5) is 29.9. The van der Waals surface area contributed by atoms with Gasteiger partial charge < -0.3 is 5.32 Å². The van der Waals surface area contributed by atoms with Crippen molar-refractivity contribution in [2.45, 2.75) is 19.9 Å². The predicted molar refractivity (Wildman–Crippen MR) is 88.0 cm³/mol. The standard InChI is InChI=1S/C16H15N5OS/c1-10-13(23-16(21-10)12-5-3-6-17-9-12)15(22)20-11(2)14-18-7-4-8-19-14/h3-9,11H,1-2H3,(H,20,22). The van der Waals surface area contributed by atoms with Gasteiger partial charge in [0.15, 0.2) is 0 Å². The predicted octanol–water partition coefficient (Wildman–Crippen LogP) is 2.79. The van der Waals surface area contributed by atoms with Crippen LogP contribution < -0.4 is 5.32 Å². The van der Waals surface area contributed by atoms with E-state index in [0.717, 1.165) is 10.6 Å². The molecular formula is C16H15N5OS. The number of hydrogen-bond acceptors (Lipinski definition) is 6. The minimum Gasteiger partial charge on any atom is -0.342 e. The van der Waals surface area contributed by atoms with Gasteiger partial charge in [-0.25, -0.2) is 15.0 Å². The highest BCUT2D eigenvalue weighted by Gasteiger charge is 2.19. The van der Waals surface area contributed by atoms with Crippen LogP contribution in [0.15, 0.2) is 43.0 Å². The molecule has 0 aliphatic rings. The zero-order valence-electron chi connectivity index (χ0n) is 12.7. The molecule has 3 rings (SSSR count). The Hall–Kier alpha value is -2.67. The van der Waals surface area contributed by atoms with Gasteiger partial charge in [0.05, 0.1) is 11.7 Å². The third-order valence-corrected chi connectivity index (χ3v) is 4.44. The number of nitrogens with one attached hydrogen (secondary N) is 1. The molecule has 3 aromatic heterocycles. The normalized spacial score (nSPS) is 11.9. The van der Waals surface area contributed by atoms with Gasteiger partial charge in [-0.15, -0.1) is 11.3 Å². The van der Waals surface area contributed by atoms with E-state index in [1.165, 1.54) is 11.3 Å². The van der Waals surface area contributed by atoms with Gasteiger partial charge in [0.25, 0.3) is 5.91 Å². The largest absolute Gasteiger partial charge is 0.342 e.